The van der Waals surface area contributed by atoms with E-state index in [4.69, 9.17) is 28.9 Å². The molecule has 3 rings (SSSR count). The van der Waals surface area contributed by atoms with Gasteiger partial charge in [-0.1, -0.05) is 42.3 Å². The van der Waals surface area contributed by atoms with Gasteiger partial charge < -0.3 is 5.73 Å². The third kappa shape index (κ3) is 4.88. The number of hydrogen-bond acceptors (Lipinski definition) is 5. The Balaban J connectivity index is 2.19. The van der Waals surface area contributed by atoms with Gasteiger partial charge in [-0.2, -0.15) is 0 Å². The standard InChI is InChI=1S/C23H21Cl2N3O4S/c1-4-33(31,32)19-11-15(16-10-14(21(26)29)8-9-17(16)24)12-27-22(19)28(3)23(30)20-13(2)6-5-7-18(20)25/h5-12H,4H2,1-3H3,(H2,26,29). The molecule has 0 bridgehead atoms. The predicted octanol–water partition coefficient (Wildman–Crippen LogP) is 4.53. The van der Waals surface area contributed by atoms with E-state index in [0.717, 1.165) is 4.90 Å². The highest BCUT2D eigenvalue weighted by Crippen LogP contribution is 2.34. The minimum atomic E-state index is -3.80. The van der Waals surface area contributed by atoms with Crippen LogP contribution in [0.3, 0.4) is 0 Å². The summed E-state index contributed by atoms with van der Waals surface area (Å²) >= 11 is 12.5. The molecule has 0 aliphatic carbocycles. The third-order valence-electron chi connectivity index (χ3n) is 5.17. The first-order valence-electron chi connectivity index (χ1n) is 9.83. The van der Waals surface area contributed by atoms with Gasteiger partial charge in [0.2, 0.25) is 5.91 Å². The van der Waals surface area contributed by atoms with E-state index in [9.17, 15) is 18.0 Å². The number of benzene rings is 2. The highest BCUT2D eigenvalue weighted by molar-refractivity contribution is 7.91. The second-order valence-electron chi connectivity index (χ2n) is 7.30. The lowest BCUT2D eigenvalue weighted by Gasteiger charge is -2.21. The fraction of sp³-hybridized carbons (Fsp3) is 0.174. The van der Waals surface area contributed by atoms with Crippen LogP contribution in [0.25, 0.3) is 11.1 Å². The molecule has 0 aliphatic heterocycles. The van der Waals surface area contributed by atoms with E-state index < -0.39 is 21.7 Å². The Morgan fingerprint density at radius 3 is 2.39 bits per heavy atom. The number of pyridine rings is 1. The second-order valence-corrected chi connectivity index (χ2v) is 10.4. The largest absolute Gasteiger partial charge is 0.366 e. The number of amides is 2. The van der Waals surface area contributed by atoms with Gasteiger partial charge in [-0.15, -0.1) is 0 Å². The van der Waals surface area contributed by atoms with Gasteiger partial charge in [0.1, 0.15) is 4.90 Å². The van der Waals surface area contributed by atoms with Gasteiger partial charge >= 0.3 is 0 Å². The maximum Gasteiger partial charge on any atom is 0.260 e. The van der Waals surface area contributed by atoms with Crippen molar-refractivity contribution in [3.05, 3.63) is 75.4 Å². The fourth-order valence-electron chi connectivity index (χ4n) is 3.29. The molecule has 3 aromatic rings. The van der Waals surface area contributed by atoms with Crippen molar-refractivity contribution in [2.24, 2.45) is 5.73 Å². The Morgan fingerprint density at radius 2 is 1.79 bits per heavy atom. The third-order valence-corrected chi connectivity index (χ3v) is 7.54. The van der Waals surface area contributed by atoms with E-state index >= 15 is 0 Å². The minimum absolute atomic E-state index is 0.0490. The number of carbonyl (C=O) groups is 2. The molecule has 1 heterocycles. The summed E-state index contributed by atoms with van der Waals surface area (Å²) in [4.78, 5) is 30.1. The van der Waals surface area contributed by atoms with Crippen LogP contribution in [0.4, 0.5) is 5.82 Å². The van der Waals surface area contributed by atoms with Crippen LogP contribution in [0.2, 0.25) is 10.0 Å². The lowest BCUT2D eigenvalue weighted by atomic mass is 10.0. The van der Waals surface area contributed by atoms with Gasteiger partial charge in [-0.05, 0) is 42.8 Å². The molecule has 7 nitrogen and oxygen atoms in total. The SMILES string of the molecule is CCS(=O)(=O)c1cc(-c2cc(C(N)=O)ccc2Cl)cnc1N(C)C(=O)c1c(C)cccc1Cl. The van der Waals surface area contributed by atoms with E-state index in [-0.39, 0.29) is 37.6 Å². The van der Waals surface area contributed by atoms with Crippen LogP contribution < -0.4 is 10.6 Å². The van der Waals surface area contributed by atoms with Gasteiger partial charge in [-0.25, -0.2) is 13.4 Å². The number of hydrogen-bond donors (Lipinski definition) is 1. The average Bonchev–Trinajstić information content (AvgIpc) is 2.78. The van der Waals surface area contributed by atoms with Crippen LogP contribution in [-0.4, -0.2) is 38.0 Å². The molecule has 0 spiro atoms. The predicted molar refractivity (Wildman–Crippen MR) is 130 cm³/mol. The Hall–Kier alpha value is -2.94. The van der Waals surface area contributed by atoms with Crippen molar-refractivity contribution < 1.29 is 18.0 Å². The van der Waals surface area contributed by atoms with Gasteiger partial charge in [0, 0.05) is 35.0 Å². The fourth-order valence-corrected chi connectivity index (χ4v) is 4.90. The molecule has 10 heteroatoms. The summed E-state index contributed by atoms with van der Waals surface area (Å²) in [6.45, 7) is 3.23. The van der Waals surface area contributed by atoms with Crippen molar-refractivity contribution in [2.45, 2.75) is 18.7 Å². The Morgan fingerprint density at radius 1 is 1.09 bits per heavy atom. The molecule has 0 aliphatic rings. The van der Waals surface area contributed by atoms with E-state index in [2.05, 4.69) is 4.98 Å². The topological polar surface area (TPSA) is 110 Å². The number of nitrogens with two attached hydrogens (primary N) is 1. The summed E-state index contributed by atoms with van der Waals surface area (Å²) in [7, 11) is -2.37. The lowest BCUT2D eigenvalue weighted by molar-refractivity contribution is 0.0986. The van der Waals surface area contributed by atoms with Crippen molar-refractivity contribution >= 4 is 50.7 Å². The summed E-state index contributed by atoms with van der Waals surface area (Å²) in [6, 6.07) is 10.9. The molecular weight excluding hydrogens is 485 g/mol. The molecule has 33 heavy (non-hydrogen) atoms. The Bertz CT molecular complexity index is 1350. The number of aromatic nitrogens is 1. The van der Waals surface area contributed by atoms with E-state index in [1.807, 2.05) is 0 Å². The van der Waals surface area contributed by atoms with Gasteiger partial charge in [0.05, 0.1) is 16.3 Å². The molecule has 0 atom stereocenters. The van der Waals surface area contributed by atoms with Crippen LogP contribution in [0.15, 0.2) is 53.6 Å². The zero-order valence-electron chi connectivity index (χ0n) is 18.1. The van der Waals surface area contributed by atoms with Crippen LogP contribution in [0.1, 0.15) is 33.2 Å². The lowest BCUT2D eigenvalue weighted by Crippen LogP contribution is -2.30. The zero-order chi connectivity index (χ0) is 24.5. The van der Waals surface area contributed by atoms with Crippen LogP contribution >= 0.6 is 23.2 Å². The van der Waals surface area contributed by atoms with Crippen molar-refractivity contribution in [1.29, 1.82) is 0 Å². The van der Waals surface area contributed by atoms with Gasteiger partial charge in [0.15, 0.2) is 15.7 Å². The maximum absolute atomic E-state index is 13.2. The van der Waals surface area contributed by atoms with E-state index in [1.165, 1.54) is 44.4 Å². The highest BCUT2D eigenvalue weighted by atomic mass is 35.5. The normalized spacial score (nSPS) is 11.3. The number of aryl methyl sites for hydroxylation is 1. The molecule has 172 valence electrons. The average molecular weight is 506 g/mol. The van der Waals surface area contributed by atoms with Crippen LogP contribution in [0.5, 0.6) is 0 Å². The first-order chi connectivity index (χ1) is 15.5. The summed E-state index contributed by atoms with van der Waals surface area (Å²) in [5.41, 5.74) is 7.21. The summed E-state index contributed by atoms with van der Waals surface area (Å²) < 4.78 is 25.9. The zero-order valence-corrected chi connectivity index (χ0v) is 20.4. The number of sulfone groups is 1. The molecule has 0 saturated heterocycles. The number of carbonyl (C=O) groups excluding carboxylic acids is 2. The van der Waals surface area contributed by atoms with Crippen molar-refractivity contribution in [1.82, 2.24) is 4.98 Å². The van der Waals surface area contributed by atoms with Crippen LogP contribution in [-0.2, 0) is 9.84 Å². The molecule has 2 amide bonds. The Labute approximate surface area is 202 Å². The number of anilines is 1. The molecule has 1 aromatic heterocycles. The first-order valence-corrected chi connectivity index (χ1v) is 12.2. The van der Waals surface area contributed by atoms with Gasteiger partial charge in [0.25, 0.3) is 5.91 Å². The first kappa shape index (κ1) is 24.7. The molecule has 2 N–H and O–H groups in total. The molecule has 2 aromatic carbocycles. The number of halogens is 2. The van der Waals surface area contributed by atoms with Crippen molar-refractivity contribution in [3.63, 3.8) is 0 Å². The molecule has 0 radical (unpaired) electrons. The molecular formula is C23H21Cl2N3O4S. The summed E-state index contributed by atoms with van der Waals surface area (Å²) in [5, 5.41) is 0.531. The second kappa shape index (κ2) is 9.51. The summed E-state index contributed by atoms with van der Waals surface area (Å²) in [6.07, 6.45) is 1.39. The van der Waals surface area contributed by atoms with Crippen molar-refractivity contribution in [2.75, 3.05) is 17.7 Å². The van der Waals surface area contributed by atoms with Gasteiger partial charge in [-0.3, -0.25) is 14.5 Å². The molecule has 0 unspecified atom stereocenters. The number of nitrogens with zero attached hydrogens (tertiary/aromatic N) is 2. The van der Waals surface area contributed by atoms with Crippen molar-refractivity contribution in [3.8, 4) is 11.1 Å². The highest BCUT2D eigenvalue weighted by Gasteiger charge is 2.27. The van der Waals surface area contributed by atoms with E-state index in [1.54, 1.807) is 25.1 Å². The number of rotatable bonds is 6. The number of primary amides is 1. The molecule has 0 fully saturated rings. The maximum atomic E-state index is 13.2. The minimum Gasteiger partial charge on any atom is -0.366 e. The Kier molecular flexibility index (Phi) is 7.11. The van der Waals surface area contributed by atoms with Crippen LogP contribution in [0, 0.1) is 6.92 Å². The smallest absolute Gasteiger partial charge is 0.260 e. The quantitative estimate of drug-likeness (QED) is 0.528. The molecule has 0 saturated carbocycles. The summed E-state index contributed by atoms with van der Waals surface area (Å²) in [5.74, 6) is -1.42. The van der Waals surface area contributed by atoms with E-state index in [0.29, 0.717) is 16.7 Å². The monoisotopic (exact) mass is 505 g/mol.